The zero-order valence-electron chi connectivity index (χ0n) is 13.5. The molecule has 3 heteroatoms. The molecule has 20 heavy (non-hydrogen) atoms. The average molecular weight is 280 g/mol. The molecule has 1 saturated carbocycles. The summed E-state index contributed by atoms with van der Waals surface area (Å²) in [4.78, 5) is 14.9. The molecule has 3 unspecified atom stereocenters. The number of amides is 1. The molecule has 116 valence electrons. The predicted octanol–water partition coefficient (Wildman–Crippen LogP) is 3.18. The zero-order valence-corrected chi connectivity index (χ0v) is 13.5. The largest absolute Gasteiger partial charge is 0.342 e. The van der Waals surface area contributed by atoms with E-state index in [0.29, 0.717) is 23.3 Å². The van der Waals surface area contributed by atoms with Gasteiger partial charge in [0.2, 0.25) is 5.91 Å². The molecule has 1 heterocycles. The van der Waals surface area contributed by atoms with E-state index in [0.717, 1.165) is 38.8 Å². The molecule has 1 aliphatic carbocycles. The predicted molar refractivity (Wildman–Crippen MR) is 83.3 cm³/mol. The maximum Gasteiger partial charge on any atom is 0.225 e. The Morgan fingerprint density at radius 3 is 2.65 bits per heavy atom. The Morgan fingerprint density at radius 2 is 1.95 bits per heavy atom. The van der Waals surface area contributed by atoms with Gasteiger partial charge in [-0.3, -0.25) is 4.79 Å². The first-order valence-corrected chi connectivity index (χ1v) is 8.43. The minimum absolute atomic E-state index is 0.155. The number of hydrogen-bond acceptors (Lipinski definition) is 2. The Balaban J connectivity index is 1.92. The third-order valence-electron chi connectivity index (χ3n) is 5.50. The van der Waals surface area contributed by atoms with Crippen LogP contribution in [0.1, 0.15) is 65.7 Å². The van der Waals surface area contributed by atoms with Crippen molar-refractivity contribution >= 4 is 5.91 Å². The first kappa shape index (κ1) is 15.8. The summed E-state index contributed by atoms with van der Waals surface area (Å²) < 4.78 is 0. The van der Waals surface area contributed by atoms with Crippen LogP contribution in [0.4, 0.5) is 0 Å². The van der Waals surface area contributed by atoms with Gasteiger partial charge >= 0.3 is 0 Å². The van der Waals surface area contributed by atoms with Gasteiger partial charge in [0.1, 0.15) is 0 Å². The molecule has 0 spiro atoms. The molecule has 1 amide bonds. The molecule has 3 nitrogen and oxygen atoms in total. The van der Waals surface area contributed by atoms with Gasteiger partial charge in [0.25, 0.3) is 0 Å². The van der Waals surface area contributed by atoms with Gasteiger partial charge in [0, 0.05) is 25.0 Å². The number of nitrogens with two attached hydrogens (primary N) is 1. The van der Waals surface area contributed by atoms with E-state index in [9.17, 15) is 4.79 Å². The van der Waals surface area contributed by atoms with Gasteiger partial charge in [-0.05, 0) is 49.9 Å². The van der Waals surface area contributed by atoms with Gasteiger partial charge in [-0.1, -0.05) is 27.2 Å². The van der Waals surface area contributed by atoms with E-state index in [4.69, 9.17) is 5.73 Å². The summed E-state index contributed by atoms with van der Waals surface area (Å²) in [6, 6.07) is 0.312. The van der Waals surface area contributed by atoms with E-state index < -0.39 is 0 Å². The van der Waals surface area contributed by atoms with Gasteiger partial charge in [-0.25, -0.2) is 0 Å². The second-order valence-electron chi connectivity index (χ2n) is 7.82. The van der Waals surface area contributed by atoms with Gasteiger partial charge in [0.15, 0.2) is 0 Å². The van der Waals surface area contributed by atoms with E-state index in [2.05, 4.69) is 25.7 Å². The van der Waals surface area contributed by atoms with Crippen molar-refractivity contribution in [2.45, 2.75) is 71.8 Å². The van der Waals surface area contributed by atoms with Crippen LogP contribution < -0.4 is 5.73 Å². The summed E-state index contributed by atoms with van der Waals surface area (Å²) >= 11 is 0. The van der Waals surface area contributed by atoms with Crippen molar-refractivity contribution in [3.05, 3.63) is 0 Å². The second-order valence-corrected chi connectivity index (χ2v) is 7.82. The second kappa shape index (κ2) is 6.46. The Labute approximate surface area is 124 Å². The lowest BCUT2D eigenvalue weighted by molar-refractivity contribution is -0.137. The summed E-state index contributed by atoms with van der Waals surface area (Å²) in [5.41, 5.74) is 6.47. The fourth-order valence-corrected chi connectivity index (χ4v) is 3.85. The first-order valence-electron chi connectivity index (χ1n) is 8.43. The van der Waals surface area contributed by atoms with E-state index in [1.807, 2.05) is 0 Å². The molecule has 2 N–H and O–H groups in total. The SMILES string of the molecule is CC(C(=O)N1CCCC(C)(C)CC1)C1CCCC(N)C1. The van der Waals surface area contributed by atoms with Crippen LogP contribution in [0.15, 0.2) is 0 Å². The smallest absolute Gasteiger partial charge is 0.225 e. The van der Waals surface area contributed by atoms with Crippen LogP contribution in [0.5, 0.6) is 0 Å². The number of likely N-dealkylation sites (tertiary alicyclic amines) is 1. The third-order valence-corrected chi connectivity index (χ3v) is 5.50. The Kier molecular flexibility index (Phi) is 5.11. The highest BCUT2D eigenvalue weighted by atomic mass is 16.2. The van der Waals surface area contributed by atoms with E-state index >= 15 is 0 Å². The highest BCUT2D eigenvalue weighted by Crippen LogP contribution is 2.33. The van der Waals surface area contributed by atoms with Crippen LogP contribution >= 0.6 is 0 Å². The van der Waals surface area contributed by atoms with Crippen molar-refractivity contribution in [3.63, 3.8) is 0 Å². The summed E-state index contributed by atoms with van der Waals surface area (Å²) in [5, 5.41) is 0. The van der Waals surface area contributed by atoms with Crippen molar-refractivity contribution in [2.75, 3.05) is 13.1 Å². The molecule has 0 aromatic carbocycles. The number of carbonyl (C=O) groups excluding carboxylic acids is 1. The number of hydrogen-bond donors (Lipinski definition) is 1. The molecule has 0 aromatic heterocycles. The lowest BCUT2D eigenvalue weighted by Gasteiger charge is -2.33. The Bertz CT molecular complexity index is 336. The van der Waals surface area contributed by atoms with Crippen LogP contribution in [0, 0.1) is 17.3 Å². The molecule has 1 saturated heterocycles. The summed E-state index contributed by atoms with van der Waals surface area (Å²) in [5.74, 6) is 1.03. The summed E-state index contributed by atoms with van der Waals surface area (Å²) in [6.07, 6.45) is 8.06. The van der Waals surface area contributed by atoms with Crippen molar-refractivity contribution in [1.82, 2.24) is 4.90 Å². The van der Waals surface area contributed by atoms with Crippen molar-refractivity contribution in [3.8, 4) is 0 Å². The van der Waals surface area contributed by atoms with Gasteiger partial charge in [-0.15, -0.1) is 0 Å². The molecule has 1 aliphatic heterocycles. The Hall–Kier alpha value is -0.570. The normalized spacial score (nSPS) is 32.5. The van der Waals surface area contributed by atoms with Gasteiger partial charge in [-0.2, -0.15) is 0 Å². The molecule has 0 radical (unpaired) electrons. The van der Waals surface area contributed by atoms with Gasteiger partial charge in [0.05, 0.1) is 0 Å². The highest BCUT2D eigenvalue weighted by Gasteiger charge is 2.33. The summed E-state index contributed by atoms with van der Waals surface area (Å²) in [7, 11) is 0. The Morgan fingerprint density at radius 1 is 1.20 bits per heavy atom. The maximum absolute atomic E-state index is 12.8. The van der Waals surface area contributed by atoms with Crippen LogP contribution in [0.3, 0.4) is 0 Å². The fourth-order valence-electron chi connectivity index (χ4n) is 3.85. The maximum atomic E-state index is 12.8. The monoisotopic (exact) mass is 280 g/mol. The minimum atomic E-state index is 0.155. The van der Waals surface area contributed by atoms with E-state index in [1.54, 1.807) is 0 Å². The lowest BCUT2D eigenvalue weighted by atomic mass is 9.78. The zero-order chi connectivity index (χ0) is 14.8. The topological polar surface area (TPSA) is 46.3 Å². The van der Waals surface area contributed by atoms with Crippen molar-refractivity contribution in [2.24, 2.45) is 23.0 Å². The van der Waals surface area contributed by atoms with E-state index in [-0.39, 0.29) is 5.92 Å². The fraction of sp³-hybridized carbons (Fsp3) is 0.941. The molecule has 2 fully saturated rings. The van der Waals surface area contributed by atoms with Gasteiger partial charge < -0.3 is 10.6 Å². The first-order chi connectivity index (χ1) is 9.39. The number of carbonyl (C=O) groups is 1. The molecule has 0 aromatic rings. The minimum Gasteiger partial charge on any atom is -0.342 e. The van der Waals surface area contributed by atoms with E-state index in [1.165, 1.54) is 19.3 Å². The quantitative estimate of drug-likeness (QED) is 0.844. The highest BCUT2D eigenvalue weighted by molar-refractivity contribution is 5.78. The standard InChI is InChI=1S/C17H32N2O/c1-13(14-6-4-7-15(18)12-14)16(20)19-10-5-8-17(2,3)9-11-19/h13-15H,4-12,18H2,1-3H3. The summed E-state index contributed by atoms with van der Waals surface area (Å²) in [6.45, 7) is 8.66. The lowest BCUT2D eigenvalue weighted by Crippen LogP contribution is -2.41. The molecular formula is C17H32N2O. The molecule has 2 aliphatic rings. The van der Waals surface area contributed by atoms with Crippen LogP contribution in [-0.4, -0.2) is 29.9 Å². The molecule has 3 atom stereocenters. The van der Waals surface area contributed by atoms with Crippen molar-refractivity contribution in [1.29, 1.82) is 0 Å². The molecule has 0 bridgehead atoms. The molecular weight excluding hydrogens is 248 g/mol. The molecule has 2 rings (SSSR count). The number of nitrogens with zero attached hydrogens (tertiary/aromatic N) is 1. The average Bonchev–Trinajstić information content (AvgIpc) is 2.58. The van der Waals surface area contributed by atoms with Crippen LogP contribution in [-0.2, 0) is 4.79 Å². The number of rotatable bonds is 2. The third kappa shape index (κ3) is 3.97. The van der Waals surface area contributed by atoms with Crippen molar-refractivity contribution < 1.29 is 4.79 Å². The van der Waals surface area contributed by atoms with Crippen LogP contribution in [0.2, 0.25) is 0 Å². The van der Waals surface area contributed by atoms with Crippen LogP contribution in [0.25, 0.3) is 0 Å².